The molecule has 0 saturated carbocycles. The number of nitrogens with zero attached hydrogens (tertiary/aromatic N) is 4. The van der Waals surface area contributed by atoms with E-state index in [2.05, 4.69) is 11.2 Å². The molecule has 9 nitrogen and oxygen atoms in total. The van der Waals surface area contributed by atoms with Gasteiger partial charge in [0, 0.05) is 11.3 Å². The summed E-state index contributed by atoms with van der Waals surface area (Å²) in [5, 5.41) is 14.0. The number of methoxy groups -OCH3 is 2. The summed E-state index contributed by atoms with van der Waals surface area (Å²) in [5.41, 5.74) is 6.66. The van der Waals surface area contributed by atoms with Crippen LogP contribution in [0.4, 0.5) is 18.9 Å². The summed E-state index contributed by atoms with van der Waals surface area (Å²) in [7, 11) is 2.27. The van der Waals surface area contributed by atoms with Gasteiger partial charge in [-0.05, 0) is 35.9 Å². The second-order valence-corrected chi connectivity index (χ2v) is 9.54. The third-order valence-electron chi connectivity index (χ3n) is 7.03. The topological polar surface area (TPSA) is 123 Å². The Bertz CT molecular complexity index is 1820. The number of hydrogen-bond donors (Lipinski definition) is 1. The van der Waals surface area contributed by atoms with Crippen molar-refractivity contribution in [3.05, 3.63) is 125 Å². The zero-order valence-corrected chi connectivity index (χ0v) is 23.4. The quantitative estimate of drug-likeness (QED) is 0.290. The normalized spacial score (nSPS) is 15.2. The molecule has 4 aromatic rings. The molecule has 1 unspecified atom stereocenters. The van der Waals surface area contributed by atoms with Gasteiger partial charge < -0.3 is 15.2 Å². The Morgan fingerprint density at radius 2 is 1.48 bits per heavy atom. The number of carbonyl (C=O) groups excluding carboxylic acids is 2. The number of carbonyl (C=O) groups is 2. The second kappa shape index (κ2) is 11.8. The van der Waals surface area contributed by atoms with Crippen molar-refractivity contribution in [3.63, 3.8) is 0 Å². The highest BCUT2D eigenvalue weighted by atomic mass is 19.4. The Balaban J connectivity index is 1.69. The Morgan fingerprint density at radius 1 is 0.886 bits per heavy atom. The summed E-state index contributed by atoms with van der Waals surface area (Å²) in [6, 6.07) is 25.9. The molecule has 2 N–H and O–H groups in total. The lowest BCUT2D eigenvalue weighted by Crippen LogP contribution is -2.40. The average molecular weight is 600 g/mol. The molecule has 0 spiro atoms. The van der Waals surface area contributed by atoms with Crippen LogP contribution in [0.3, 0.4) is 0 Å². The Kier molecular flexibility index (Phi) is 7.96. The number of hydrogen-bond acceptors (Lipinski definition) is 8. The highest BCUT2D eigenvalue weighted by molar-refractivity contribution is 6.06. The maximum Gasteiger partial charge on any atom is 0.435 e. The molecule has 222 valence electrons. The standard InChI is InChI=1S/C32H24F3N5O4/c1-43-30(41)27-26(20-9-5-3-6-10-20)23(18-36)29(37)39(28(27)31(42)44-2)21-15-13-19(14-16-21)24-17-25(32(33,34)35)38-40(24)22-11-7-4-8-12-22/h3-17,26H,37H2,1-2H3. The van der Waals surface area contributed by atoms with Crippen LogP contribution in [-0.2, 0) is 25.2 Å². The molecule has 12 heteroatoms. The zero-order valence-electron chi connectivity index (χ0n) is 23.4. The van der Waals surface area contributed by atoms with E-state index >= 15 is 0 Å². The van der Waals surface area contributed by atoms with Gasteiger partial charge in [0.05, 0.1) is 48.7 Å². The number of ether oxygens (including phenoxy) is 2. The molecule has 0 fully saturated rings. The van der Waals surface area contributed by atoms with Crippen molar-refractivity contribution in [2.45, 2.75) is 12.1 Å². The number of esters is 2. The van der Waals surface area contributed by atoms with Crippen LogP contribution in [-0.4, -0.2) is 35.9 Å². The van der Waals surface area contributed by atoms with Crippen LogP contribution in [0.2, 0.25) is 0 Å². The predicted octanol–water partition coefficient (Wildman–Crippen LogP) is 5.46. The maximum absolute atomic E-state index is 13.7. The van der Waals surface area contributed by atoms with E-state index in [1.54, 1.807) is 60.7 Å². The molecule has 5 rings (SSSR count). The molecule has 0 amide bonds. The van der Waals surface area contributed by atoms with Crippen LogP contribution in [0.1, 0.15) is 17.2 Å². The minimum Gasteiger partial charge on any atom is -0.466 e. The molecule has 0 bridgehead atoms. The molecule has 0 aliphatic carbocycles. The smallest absolute Gasteiger partial charge is 0.435 e. The Hall–Kier alpha value is -5.83. The first-order chi connectivity index (χ1) is 21.1. The van der Waals surface area contributed by atoms with Crippen LogP contribution in [0.5, 0.6) is 0 Å². The van der Waals surface area contributed by atoms with Gasteiger partial charge in [0.1, 0.15) is 11.5 Å². The summed E-state index contributed by atoms with van der Waals surface area (Å²) < 4.78 is 52.2. The third kappa shape index (κ3) is 5.27. The van der Waals surface area contributed by atoms with Crippen molar-refractivity contribution in [1.29, 1.82) is 5.26 Å². The van der Waals surface area contributed by atoms with Gasteiger partial charge in [-0.15, -0.1) is 0 Å². The lowest BCUT2D eigenvalue weighted by molar-refractivity contribution is -0.141. The second-order valence-electron chi connectivity index (χ2n) is 9.54. The van der Waals surface area contributed by atoms with Crippen LogP contribution in [0, 0.1) is 11.3 Å². The number of nitrogens with two attached hydrogens (primary N) is 1. The van der Waals surface area contributed by atoms with E-state index < -0.39 is 29.7 Å². The van der Waals surface area contributed by atoms with Gasteiger partial charge in [-0.3, -0.25) is 4.90 Å². The highest BCUT2D eigenvalue weighted by Crippen LogP contribution is 2.43. The molecule has 3 aromatic carbocycles. The van der Waals surface area contributed by atoms with Crippen molar-refractivity contribution in [2.75, 3.05) is 19.1 Å². The molecule has 1 aromatic heterocycles. The summed E-state index contributed by atoms with van der Waals surface area (Å²) in [4.78, 5) is 27.7. The summed E-state index contributed by atoms with van der Waals surface area (Å²) in [5.74, 6) is -2.99. The number of alkyl halides is 3. The highest BCUT2D eigenvalue weighted by Gasteiger charge is 2.43. The fourth-order valence-electron chi connectivity index (χ4n) is 5.05. The van der Waals surface area contributed by atoms with E-state index in [0.29, 0.717) is 16.8 Å². The number of aromatic nitrogens is 2. The van der Waals surface area contributed by atoms with Crippen LogP contribution in [0.25, 0.3) is 16.9 Å². The van der Waals surface area contributed by atoms with Gasteiger partial charge in [0.25, 0.3) is 0 Å². The summed E-state index contributed by atoms with van der Waals surface area (Å²) in [6.07, 6.45) is -4.69. The third-order valence-corrected chi connectivity index (χ3v) is 7.03. The number of halogens is 3. The molecule has 0 radical (unpaired) electrons. The lowest BCUT2D eigenvalue weighted by Gasteiger charge is -2.35. The number of benzene rings is 3. The first-order valence-electron chi connectivity index (χ1n) is 13.1. The van der Waals surface area contributed by atoms with E-state index in [9.17, 15) is 28.0 Å². The van der Waals surface area contributed by atoms with Crippen LogP contribution >= 0.6 is 0 Å². The maximum atomic E-state index is 13.7. The minimum absolute atomic E-state index is 0.0229. The predicted molar refractivity (Wildman–Crippen MR) is 154 cm³/mol. The van der Waals surface area contributed by atoms with Crippen LogP contribution < -0.4 is 10.6 Å². The largest absolute Gasteiger partial charge is 0.466 e. The van der Waals surface area contributed by atoms with Gasteiger partial charge in [0.2, 0.25) is 0 Å². The molecule has 2 heterocycles. The number of para-hydroxylation sites is 1. The van der Waals surface area contributed by atoms with Crippen molar-refractivity contribution in [1.82, 2.24) is 9.78 Å². The van der Waals surface area contributed by atoms with Gasteiger partial charge in [-0.1, -0.05) is 60.7 Å². The number of anilines is 1. The van der Waals surface area contributed by atoms with Gasteiger partial charge >= 0.3 is 18.1 Å². The Labute approximate surface area is 249 Å². The molecular formula is C32H24F3N5O4. The molecule has 0 saturated heterocycles. The summed E-state index contributed by atoms with van der Waals surface area (Å²) >= 11 is 0. The van der Waals surface area contributed by atoms with Crippen molar-refractivity contribution >= 4 is 17.6 Å². The van der Waals surface area contributed by atoms with Gasteiger partial charge in [-0.2, -0.15) is 23.5 Å². The number of allylic oxidation sites excluding steroid dienone is 1. The van der Waals surface area contributed by atoms with Crippen molar-refractivity contribution in [2.24, 2.45) is 5.73 Å². The minimum atomic E-state index is -4.69. The molecular weight excluding hydrogens is 575 g/mol. The first-order valence-corrected chi connectivity index (χ1v) is 13.1. The van der Waals surface area contributed by atoms with Crippen molar-refractivity contribution in [3.8, 4) is 23.0 Å². The first kappa shape index (κ1) is 29.7. The molecule has 1 aliphatic rings. The fourth-order valence-corrected chi connectivity index (χ4v) is 5.05. The lowest BCUT2D eigenvalue weighted by atomic mass is 9.81. The van der Waals surface area contributed by atoms with E-state index in [1.807, 2.05) is 0 Å². The zero-order chi connectivity index (χ0) is 31.6. The van der Waals surface area contributed by atoms with E-state index in [4.69, 9.17) is 15.2 Å². The monoisotopic (exact) mass is 599 g/mol. The fraction of sp³-hybridized carbons (Fsp3) is 0.125. The summed E-state index contributed by atoms with van der Waals surface area (Å²) in [6.45, 7) is 0. The molecule has 1 atom stereocenters. The van der Waals surface area contributed by atoms with Gasteiger partial charge in [-0.25, -0.2) is 14.3 Å². The van der Waals surface area contributed by atoms with E-state index in [-0.39, 0.29) is 34.0 Å². The number of nitriles is 1. The average Bonchev–Trinajstić information content (AvgIpc) is 3.51. The number of rotatable bonds is 6. The van der Waals surface area contributed by atoms with Crippen LogP contribution in [0.15, 0.2) is 114 Å². The SMILES string of the molecule is COC(=O)C1=C(C(=O)OC)N(c2ccc(-c3cc(C(F)(F)F)nn3-c3ccccc3)cc2)C(N)=C(C#N)C1c1ccccc1. The van der Waals surface area contributed by atoms with E-state index in [0.717, 1.165) is 20.3 Å². The van der Waals surface area contributed by atoms with Gasteiger partial charge in [0.15, 0.2) is 5.69 Å². The van der Waals surface area contributed by atoms with E-state index in [1.165, 1.54) is 33.8 Å². The molecule has 1 aliphatic heterocycles. The van der Waals surface area contributed by atoms with Crippen molar-refractivity contribution < 1.29 is 32.2 Å². The Morgan fingerprint density at radius 3 is 2.02 bits per heavy atom. The molecule has 44 heavy (non-hydrogen) atoms.